The van der Waals surface area contributed by atoms with Crippen LogP contribution in [-0.4, -0.2) is 12.6 Å². The van der Waals surface area contributed by atoms with Crippen LogP contribution in [0.2, 0.25) is 0 Å². The maximum Gasteiger partial charge on any atom is 0.126 e. The van der Waals surface area contributed by atoms with Gasteiger partial charge < -0.3 is 5.32 Å². The summed E-state index contributed by atoms with van der Waals surface area (Å²) < 4.78 is 14.0. The molecule has 1 unspecified atom stereocenters. The highest BCUT2D eigenvalue weighted by atomic mass is 19.1. The minimum atomic E-state index is -0.0254. The highest BCUT2D eigenvalue weighted by Crippen LogP contribution is 2.32. The van der Waals surface area contributed by atoms with Gasteiger partial charge >= 0.3 is 0 Å². The van der Waals surface area contributed by atoms with E-state index in [4.69, 9.17) is 0 Å². The summed E-state index contributed by atoms with van der Waals surface area (Å²) in [5.74, 6) is 1.35. The quantitative estimate of drug-likeness (QED) is 0.748. The maximum absolute atomic E-state index is 14.0. The van der Waals surface area contributed by atoms with E-state index in [9.17, 15) is 4.39 Å². The monoisotopic (exact) mass is 289 g/mol. The summed E-state index contributed by atoms with van der Waals surface area (Å²) in [6.45, 7) is 1.07. The van der Waals surface area contributed by atoms with Crippen molar-refractivity contribution in [2.24, 2.45) is 11.8 Å². The number of benzene rings is 1. The van der Waals surface area contributed by atoms with Crippen LogP contribution in [0.5, 0.6) is 0 Å². The van der Waals surface area contributed by atoms with Crippen LogP contribution >= 0.6 is 0 Å². The van der Waals surface area contributed by atoms with Crippen molar-refractivity contribution in [3.05, 3.63) is 35.6 Å². The van der Waals surface area contributed by atoms with E-state index in [0.29, 0.717) is 5.92 Å². The van der Waals surface area contributed by atoms with Crippen molar-refractivity contribution >= 4 is 0 Å². The number of hydrogen-bond donors (Lipinski definition) is 1. The average molecular weight is 289 g/mol. The third-order valence-corrected chi connectivity index (χ3v) is 5.25. The molecular weight excluding hydrogens is 261 g/mol. The molecule has 21 heavy (non-hydrogen) atoms. The third-order valence-electron chi connectivity index (χ3n) is 5.25. The van der Waals surface area contributed by atoms with E-state index in [0.717, 1.165) is 30.5 Å². The first-order valence-corrected chi connectivity index (χ1v) is 8.79. The largest absolute Gasteiger partial charge is 0.314 e. The Hall–Kier alpha value is -0.890. The van der Waals surface area contributed by atoms with Crippen molar-refractivity contribution in [1.82, 2.24) is 5.32 Å². The molecule has 1 atom stereocenters. The fraction of sp³-hybridized carbons (Fsp3) is 0.684. The molecule has 2 heteroatoms. The van der Waals surface area contributed by atoms with E-state index < -0.39 is 0 Å². The van der Waals surface area contributed by atoms with Gasteiger partial charge in [0.2, 0.25) is 0 Å². The Balaban J connectivity index is 1.66. The van der Waals surface area contributed by atoms with Crippen molar-refractivity contribution in [3.63, 3.8) is 0 Å². The van der Waals surface area contributed by atoms with Gasteiger partial charge in [0.1, 0.15) is 5.82 Å². The van der Waals surface area contributed by atoms with E-state index in [1.165, 1.54) is 51.4 Å². The molecule has 1 nitrogen and oxygen atoms in total. The lowest BCUT2D eigenvalue weighted by atomic mass is 9.82. The van der Waals surface area contributed by atoms with Gasteiger partial charge in [-0.25, -0.2) is 4.39 Å². The van der Waals surface area contributed by atoms with Gasteiger partial charge in [0, 0.05) is 6.04 Å². The van der Waals surface area contributed by atoms with Gasteiger partial charge in [-0.1, -0.05) is 56.7 Å². The van der Waals surface area contributed by atoms with Crippen LogP contribution in [0.4, 0.5) is 4.39 Å². The summed E-state index contributed by atoms with van der Waals surface area (Å²) in [5.41, 5.74) is 0.907. The number of hydrogen-bond acceptors (Lipinski definition) is 1. The number of nitrogens with one attached hydrogen (secondary N) is 1. The highest BCUT2D eigenvalue weighted by Gasteiger charge is 2.27. The SMILES string of the molecule is Fc1ccccc1CC(CNC1CC1)C1CCCCCC1. The molecule has 2 saturated carbocycles. The predicted octanol–water partition coefficient (Wildman–Crippen LogP) is 4.71. The van der Waals surface area contributed by atoms with Gasteiger partial charge in [0.15, 0.2) is 0 Å². The standard InChI is InChI=1S/C19H28FN/c20-19-10-6-5-9-16(19)13-17(14-21-18-11-12-18)15-7-3-1-2-4-8-15/h5-6,9-10,15,17-18,21H,1-4,7-8,11-14H2. The molecule has 0 aromatic heterocycles. The fourth-order valence-corrected chi connectivity index (χ4v) is 3.74. The molecule has 0 aliphatic heterocycles. The summed E-state index contributed by atoms with van der Waals surface area (Å²) in [6, 6.07) is 8.09. The van der Waals surface area contributed by atoms with Crippen LogP contribution in [0.25, 0.3) is 0 Å². The van der Waals surface area contributed by atoms with Crippen LogP contribution in [0.1, 0.15) is 56.9 Å². The smallest absolute Gasteiger partial charge is 0.126 e. The van der Waals surface area contributed by atoms with E-state index in [1.54, 1.807) is 12.1 Å². The molecule has 0 bridgehead atoms. The molecule has 1 aromatic rings. The van der Waals surface area contributed by atoms with Crippen LogP contribution in [0.15, 0.2) is 24.3 Å². The van der Waals surface area contributed by atoms with Gasteiger partial charge in [-0.15, -0.1) is 0 Å². The molecule has 116 valence electrons. The molecule has 2 aliphatic rings. The first-order chi connectivity index (χ1) is 10.3. The molecule has 0 radical (unpaired) electrons. The lowest BCUT2D eigenvalue weighted by Gasteiger charge is -2.27. The maximum atomic E-state index is 14.0. The van der Waals surface area contributed by atoms with Crippen LogP contribution in [0, 0.1) is 17.7 Å². The first kappa shape index (κ1) is 15.0. The second-order valence-corrected chi connectivity index (χ2v) is 6.99. The number of rotatable bonds is 6. The van der Waals surface area contributed by atoms with Gasteiger partial charge in [-0.2, -0.15) is 0 Å². The molecule has 0 amide bonds. The van der Waals surface area contributed by atoms with Crippen LogP contribution < -0.4 is 5.32 Å². The molecule has 1 aromatic carbocycles. The van der Waals surface area contributed by atoms with Gasteiger partial charge in [0.25, 0.3) is 0 Å². The van der Waals surface area contributed by atoms with Crippen molar-refractivity contribution in [2.75, 3.05) is 6.54 Å². The summed E-state index contributed by atoms with van der Waals surface area (Å²) in [6.07, 6.45) is 11.7. The second kappa shape index (κ2) is 7.40. The van der Waals surface area contributed by atoms with Crippen LogP contribution in [0.3, 0.4) is 0 Å². The van der Waals surface area contributed by atoms with Crippen LogP contribution in [-0.2, 0) is 6.42 Å². The fourth-order valence-electron chi connectivity index (χ4n) is 3.74. The summed E-state index contributed by atoms with van der Waals surface area (Å²) in [4.78, 5) is 0. The number of halogens is 1. The Morgan fingerprint density at radius 3 is 2.38 bits per heavy atom. The Bertz CT molecular complexity index is 433. The molecule has 2 fully saturated rings. The van der Waals surface area contributed by atoms with Gasteiger partial charge in [0.05, 0.1) is 0 Å². The summed E-state index contributed by atoms with van der Waals surface area (Å²) in [5, 5.41) is 3.69. The lowest BCUT2D eigenvalue weighted by Crippen LogP contribution is -2.31. The van der Waals surface area contributed by atoms with Gasteiger partial charge in [-0.05, 0) is 49.3 Å². The topological polar surface area (TPSA) is 12.0 Å². The van der Waals surface area contributed by atoms with Crippen molar-refractivity contribution in [3.8, 4) is 0 Å². The van der Waals surface area contributed by atoms with Gasteiger partial charge in [-0.3, -0.25) is 0 Å². The van der Waals surface area contributed by atoms with Crippen molar-refractivity contribution in [2.45, 2.75) is 63.8 Å². The average Bonchev–Trinajstić information content (AvgIpc) is 3.32. The van der Waals surface area contributed by atoms with Crippen molar-refractivity contribution in [1.29, 1.82) is 0 Å². The molecule has 0 saturated heterocycles. The predicted molar refractivity (Wildman–Crippen MR) is 85.8 cm³/mol. The first-order valence-electron chi connectivity index (χ1n) is 8.79. The van der Waals surface area contributed by atoms with E-state index >= 15 is 0 Å². The zero-order valence-corrected chi connectivity index (χ0v) is 13.0. The molecule has 0 spiro atoms. The zero-order valence-electron chi connectivity index (χ0n) is 13.0. The summed E-state index contributed by atoms with van der Waals surface area (Å²) in [7, 11) is 0. The third kappa shape index (κ3) is 4.54. The lowest BCUT2D eigenvalue weighted by molar-refractivity contribution is 0.281. The molecule has 1 N–H and O–H groups in total. The minimum Gasteiger partial charge on any atom is -0.314 e. The molecular formula is C19H28FN. The van der Waals surface area contributed by atoms with Crippen molar-refractivity contribution < 1.29 is 4.39 Å². The Labute approximate surface area is 128 Å². The molecule has 2 aliphatic carbocycles. The van der Waals surface area contributed by atoms with E-state index in [-0.39, 0.29) is 5.82 Å². The Kier molecular flexibility index (Phi) is 5.29. The van der Waals surface area contributed by atoms with E-state index in [1.807, 2.05) is 12.1 Å². The second-order valence-electron chi connectivity index (χ2n) is 6.99. The highest BCUT2D eigenvalue weighted by molar-refractivity contribution is 5.18. The Morgan fingerprint density at radius 2 is 1.71 bits per heavy atom. The summed E-state index contributed by atoms with van der Waals surface area (Å²) >= 11 is 0. The normalized spacial score (nSPS) is 22.0. The molecule has 3 rings (SSSR count). The zero-order chi connectivity index (χ0) is 14.5. The Morgan fingerprint density at radius 1 is 1.00 bits per heavy atom. The molecule has 0 heterocycles. The van der Waals surface area contributed by atoms with E-state index in [2.05, 4.69) is 5.32 Å². The minimum absolute atomic E-state index is 0.0254.